The Hall–Kier alpha value is -2.84. The third-order valence-corrected chi connectivity index (χ3v) is 5.95. The van der Waals surface area contributed by atoms with Crippen molar-refractivity contribution in [3.63, 3.8) is 0 Å². The highest BCUT2D eigenvalue weighted by Gasteiger charge is 2.22. The highest BCUT2D eigenvalue weighted by molar-refractivity contribution is 7.20. The second kappa shape index (κ2) is 10.5. The van der Waals surface area contributed by atoms with Crippen molar-refractivity contribution in [3.05, 3.63) is 48.5 Å². The number of piperidine rings is 1. The van der Waals surface area contributed by atoms with E-state index in [-0.39, 0.29) is 6.10 Å². The molecule has 1 fully saturated rings. The predicted molar refractivity (Wildman–Crippen MR) is 119 cm³/mol. The average molecular weight is 443 g/mol. The Morgan fingerprint density at radius 2 is 1.84 bits per heavy atom. The van der Waals surface area contributed by atoms with Crippen LogP contribution in [0.1, 0.15) is 19.8 Å². The van der Waals surface area contributed by atoms with Crippen molar-refractivity contribution in [2.45, 2.75) is 25.9 Å². The van der Waals surface area contributed by atoms with E-state index in [0.29, 0.717) is 18.4 Å². The van der Waals surface area contributed by atoms with Gasteiger partial charge in [0.05, 0.1) is 16.8 Å². The molecule has 0 amide bonds. The van der Waals surface area contributed by atoms with Crippen LogP contribution >= 0.6 is 11.3 Å². The molecule has 4 rings (SSSR count). The normalized spacial score (nSPS) is 15.0. The van der Waals surface area contributed by atoms with Gasteiger partial charge < -0.3 is 18.9 Å². The number of hydrogen-bond donors (Lipinski definition) is 0. The maximum atomic E-state index is 11.4. The van der Waals surface area contributed by atoms with Crippen molar-refractivity contribution >= 4 is 27.7 Å². The minimum Gasteiger partial charge on any atom is -0.492 e. The van der Waals surface area contributed by atoms with E-state index >= 15 is 0 Å². The number of likely N-dealkylation sites (tertiary alicyclic amines) is 1. The SMILES string of the molecule is CCOC(=O)OC1CCN(CCOc2ccc(Oc3nc4ccccc4s3)cc2)CC1. The summed E-state index contributed by atoms with van der Waals surface area (Å²) in [4.78, 5) is 18.2. The summed E-state index contributed by atoms with van der Waals surface area (Å²) in [5.41, 5.74) is 0.943. The first kappa shape index (κ1) is 21.4. The van der Waals surface area contributed by atoms with Gasteiger partial charge in [-0.05, 0) is 56.2 Å². The molecule has 2 heterocycles. The van der Waals surface area contributed by atoms with Crippen molar-refractivity contribution in [1.82, 2.24) is 9.88 Å². The number of hydrogen-bond acceptors (Lipinski definition) is 8. The summed E-state index contributed by atoms with van der Waals surface area (Å²) in [5, 5.41) is 0.630. The van der Waals surface area contributed by atoms with Gasteiger partial charge in [-0.25, -0.2) is 9.78 Å². The Morgan fingerprint density at radius 3 is 2.58 bits per heavy atom. The van der Waals surface area contributed by atoms with Crippen molar-refractivity contribution in [1.29, 1.82) is 0 Å². The molecule has 3 aromatic rings. The number of para-hydroxylation sites is 1. The van der Waals surface area contributed by atoms with Crippen LogP contribution in [0.15, 0.2) is 48.5 Å². The molecule has 0 bridgehead atoms. The van der Waals surface area contributed by atoms with Gasteiger partial charge in [-0.3, -0.25) is 4.90 Å². The smallest absolute Gasteiger partial charge is 0.492 e. The average Bonchev–Trinajstić information content (AvgIpc) is 3.19. The first-order valence-electron chi connectivity index (χ1n) is 10.5. The van der Waals surface area contributed by atoms with E-state index in [0.717, 1.165) is 54.2 Å². The molecule has 0 saturated carbocycles. The summed E-state index contributed by atoms with van der Waals surface area (Å²) in [7, 11) is 0. The van der Waals surface area contributed by atoms with Gasteiger partial charge in [0.25, 0.3) is 5.19 Å². The van der Waals surface area contributed by atoms with E-state index in [4.69, 9.17) is 18.9 Å². The number of aromatic nitrogens is 1. The molecule has 0 unspecified atom stereocenters. The van der Waals surface area contributed by atoms with Crippen molar-refractivity contribution < 1.29 is 23.7 Å². The lowest BCUT2D eigenvalue weighted by molar-refractivity contribution is 0.000652. The topological polar surface area (TPSA) is 70.1 Å². The van der Waals surface area contributed by atoms with Crippen LogP contribution in [0.4, 0.5) is 4.79 Å². The number of fused-ring (bicyclic) bond motifs is 1. The number of carbonyl (C=O) groups is 1. The van der Waals surface area contributed by atoms with Crippen LogP contribution in [-0.4, -0.2) is 55.0 Å². The Balaban J connectivity index is 1.17. The zero-order valence-corrected chi connectivity index (χ0v) is 18.3. The third kappa shape index (κ3) is 6.08. The van der Waals surface area contributed by atoms with E-state index in [1.54, 1.807) is 6.92 Å². The maximum absolute atomic E-state index is 11.4. The number of benzene rings is 2. The fraction of sp³-hybridized carbons (Fsp3) is 0.391. The molecule has 8 heteroatoms. The van der Waals surface area contributed by atoms with E-state index in [1.165, 1.54) is 11.3 Å². The lowest BCUT2D eigenvalue weighted by atomic mass is 10.1. The quantitative estimate of drug-likeness (QED) is 0.449. The Labute approximate surface area is 185 Å². The predicted octanol–water partition coefficient (Wildman–Crippen LogP) is 5.10. The van der Waals surface area contributed by atoms with Gasteiger partial charge in [0.2, 0.25) is 0 Å². The summed E-state index contributed by atoms with van der Waals surface area (Å²) in [6.45, 7) is 5.29. The van der Waals surface area contributed by atoms with Crippen LogP contribution in [-0.2, 0) is 9.47 Å². The molecule has 0 spiro atoms. The first-order valence-corrected chi connectivity index (χ1v) is 11.3. The highest BCUT2D eigenvalue weighted by atomic mass is 32.1. The van der Waals surface area contributed by atoms with Gasteiger partial charge in [0.15, 0.2) is 0 Å². The van der Waals surface area contributed by atoms with Crippen LogP contribution in [0.2, 0.25) is 0 Å². The second-order valence-corrected chi connectivity index (χ2v) is 8.20. The van der Waals surface area contributed by atoms with Crippen LogP contribution < -0.4 is 9.47 Å². The molecule has 2 aromatic carbocycles. The number of carbonyl (C=O) groups excluding carboxylic acids is 1. The van der Waals surface area contributed by atoms with Gasteiger partial charge in [-0.2, -0.15) is 0 Å². The minimum atomic E-state index is -0.570. The summed E-state index contributed by atoms with van der Waals surface area (Å²) in [6.07, 6.45) is 1.01. The molecule has 0 N–H and O–H groups in total. The van der Waals surface area contributed by atoms with Gasteiger partial charge in [-0.1, -0.05) is 23.5 Å². The third-order valence-electron chi connectivity index (χ3n) is 5.04. The Kier molecular flexibility index (Phi) is 7.22. The molecule has 0 aliphatic carbocycles. The van der Waals surface area contributed by atoms with Gasteiger partial charge in [0.1, 0.15) is 24.2 Å². The molecule has 31 heavy (non-hydrogen) atoms. The molecule has 0 radical (unpaired) electrons. The number of rotatable bonds is 8. The number of nitrogens with zero attached hydrogens (tertiary/aromatic N) is 2. The minimum absolute atomic E-state index is 0.0563. The lowest BCUT2D eigenvalue weighted by Gasteiger charge is -2.31. The maximum Gasteiger partial charge on any atom is 0.508 e. The number of ether oxygens (including phenoxy) is 4. The monoisotopic (exact) mass is 442 g/mol. The standard InChI is InChI=1S/C23H26N2O5S/c1-2-27-23(26)30-19-11-13-25(14-12-19)15-16-28-17-7-9-18(10-8-17)29-22-24-20-5-3-4-6-21(20)31-22/h3-10,19H,2,11-16H2,1H3. The fourth-order valence-electron chi connectivity index (χ4n) is 3.43. The molecule has 1 aromatic heterocycles. The Morgan fingerprint density at radius 1 is 1.10 bits per heavy atom. The lowest BCUT2D eigenvalue weighted by Crippen LogP contribution is -2.39. The van der Waals surface area contributed by atoms with E-state index in [2.05, 4.69) is 9.88 Å². The van der Waals surface area contributed by atoms with Gasteiger partial charge in [-0.15, -0.1) is 0 Å². The summed E-state index contributed by atoms with van der Waals surface area (Å²) >= 11 is 1.53. The first-order chi connectivity index (χ1) is 15.2. The van der Waals surface area contributed by atoms with E-state index < -0.39 is 6.16 Å². The van der Waals surface area contributed by atoms with Gasteiger partial charge in [0, 0.05) is 19.6 Å². The van der Waals surface area contributed by atoms with Crippen molar-refractivity contribution in [3.8, 4) is 16.7 Å². The molecule has 164 valence electrons. The summed E-state index contributed by atoms with van der Waals surface area (Å²) in [6, 6.07) is 15.6. The van der Waals surface area contributed by atoms with Gasteiger partial charge >= 0.3 is 6.16 Å². The molecular weight excluding hydrogens is 416 g/mol. The van der Waals surface area contributed by atoms with Crippen LogP contribution in [0.25, 0.3) is 10.2 Å². The molecule has 1 aliphatic rings. The zero-order valence-electron chi connectivity index (χ0n) is 17.5. The van der Waals surface area contributed by atoms with Crippen LogP contribution in [0.5, 0.6) is 16.7 Å². The highest BCUT2D eigenvalue weighted by Crippen LogP contribution is 2.31. The summed E-state index contributed by atoms with van der Waals surface area (Å²) in [5.74, 6) is 1.53. The molecule has 1 saturated heterocycles. The van der Waals surface area contributed by atoms with Crippen molar-refractivity contribution in [2.75, 3.05) is 32.8 Å². The number of thiazole rings is 1. The Bertz CT molecular complexity index is 950. The summed E-state index contributed by atoms with van der Waals surface area (Å²) < 4.78 is 23.0. The molecule has 1 aliphatic heterocycles. The molecular formula is C23H26N2O5S. The largest absolute Gasteiger partial charge is 0.508 e. The zero-order chi connectivity index (χ0) is 21.5. The van der Waals surface area contributed by atoms with Crippen LogP contribution in [0.3, 0.4) is 0 Å². The second-order valence-electron chi connectivity index (χ2n) is 7.21. The van der Waals surface area contributed by atoms with Crippen LogP contribution in [0, 0.1) is 0 Å². The van der Waals surface area contributed by atoms with E-state index in [9.17, 15) is 4.79 Å². The molecule has 7 nitrogen and oxygen atoms in total. The molecule has 0 atom stereocenters. The van der Waals surface area contributed by atoms with Crippen molar-refractivity contribution in [2.24, 2.45) is 0 Å². The fourth-order valence-corrected chi connectivity index (χ4v) is 4.27. The van der Waals surface area contributed by atoms with E-state index in [1.807, 2.05) is 48.5 Å².